The molecule has 0 aliphatic heterocycles. The number of hydrogen-bond donors (Lipinski definition) is 1. The molecule has 2 aromatic carbocycles. The molecular weight excluding hydrogens is 386 g/mol. The molecule has 0 spiro atoms. The Morgan fingerprint density at radius 3 is 2.62 bits per heavy atom. The SMILES string of the molecule is Cc1ccc(C)c2sc(N(C)CC(=O)NCc3nc(-c4ccccc4)no3)nc12. The number of fused-ring (bicyclic) bond motifs is 1. The largest absolute Gasteiger partial charge is 0.345 e. The molecule has 7 nitrogen and oxygen atoms in total. The zero-order valence-electron chi connectivity index (χ0n) is 16.5. The van der Waals surface area contributed by atoms with Gasteiger partial charge < -0.3 is 14.7 Å². The Morgan fingerprint density at radius 1 is 1.10 bits per heavy atom. The van der Waals surface area contributed by atoms with Gasteiger partial charge in [-0.2, -0.15) is 4.98 Å². The summed E-state index contributed by atoms with van der Waals surface area (Å²) in [5, 5.41) is 7.59. The molecule has 0 radical (unpaired) electrons. The van der Waals surface area contributed by atoms with Crippen molar-refractivity contribution in [3.05, 3.63) is 59.5 Å². The number of benzene rings is 2. The van der Waals surface area contributed by atoms with E-state index in [2.05, 4.69) is 34.5 Å². The van der Waals surface area contributed by atoms with Gasteiger partial charge in [-0.25, -0.2) is 4.98 Å². The van der Waals surface area contributed by atoms with Crippen LogP contribution in [0.15, 0.2) is 47.0 Å². The third kappa shape index (κ3) is 4.12. The molecule has 0 aliphatic rings. The van der Waals surface area contributed by atoms with Crippen LogP contribution in [0.4, 0.5) is 5.13 Å². The third-order valence-corrected chi connectivity index (χ3v) is 5.88. The number of rotatable bonds is 6. The van der Waals surface area contributed by atoms with Gasteiger partial charge in [0.15, 0.2) is 5.13 Å². The van der Waals surface area contributed by atoms with Gasteiger partial charge in [0.1, 0.15) is 0 Å². The first-order valence-electron chi connectivity index (χ1n) is 9.24. The number of amides is 1. The smallest absolute Gasteiger partial charge is 0.246 e. The van der Waals surface area contributed by atoms with Crippen LogP contribution in [0.3, 0.4) is 0 Å². The lowest BCUT2D eigenvalue weighted by molar-refractivity contribution is -0.120. The maximum absolute atomic E-state index is 12.4. The van der Waals surface area contributed by atoms with Gasteiger partial charge in [-0.05, 0) is 25.0 Å². The number of hydrogen-bond acceptors (Lipinski definition) is 7. The molecule has 0 atom stereocenters. The van der Waals surface area contributed by atoms with Crippen molar-refractivity contribution >= 4 is 32.6 Å². The van der Waals surface area contributed by atoms with Crippen LogP contribution in [-0.2, 0) is 11.3 Å². The maximum atomic E-state index is 12.4. The number of anilines is 1. The van der Waals surface area contributed by atoms with Gasteiger partial charge in [-0.15, -0.1) is 0 Å². The summed E-state index contributed by atoms with van der Waals surface area (Å²) >= 11 is 1.60. The highest BCUT2D eigenvalue weighted by molar-refractivity contribution is 7.22. The molecule has 4 rings (SSSR count). The zero-order chi connectivity index (χ0) is 20.4. The highest BCUT2D eigenvalue weighted by Crippen LogP contribution is 2.32. The predicted molar refractivity (Wildman–Crippen MR) is 114 cm³/mol. The van der Waals surface area contributed by atoms with E-state index in [1.165, 1.54) is 5.56 Å². The first-order valence-corrected chi connectivity index (χ1v) is 10.1. The molecule has 2 heterocycles. The van der Waals surface area contributed by atoms with Crippen LogP contribution in [0.25, 0.3) is 21.6 Å². The summed E-state index contributed by atoms with van der Waals surface area (Å²) in [7, 11) is 1.86. The van der Waals surface area contributed by atoms with Crippen molar-refractivity contribution in [2.75, 3.05) is 18.5 Å². The van der Waals surface area contributed by atoms with Gasteiger partial charge in [0, 0.05) is 12.6 Å². The summed E-state index contributed by atoms with van der Waals surface area (Å²) < 4.78 is 6.38. The van der Waals surface area contributed by atoms with Crippen LogP contribution < -0.4 is 10.2 Å². The van der Waals surface area contributed by atoms with Crippen LogP contribution in [0.1, 0.15) is 17.0 Å². The Labute approximate surface area is 172 Å². The molecule has 0 saturated carbocycles. The van der Waals surface area contributed by atoms with Gasteiger partial charge in [0.05, 0.1) is 23.3 Å². The second-order valence-corrected chi connectivity index (χ2v) is 7.86. The van der Waals surface area contributed by atoms with Gasteiger partial charge in [0.2, 0.25) is 17.6 Å². The fourth-order valence-electron chi connectivity index (χ4n) is 2.96. The molecule has 29 heavy (non-hydrogen) atoms. The summed E-state index contributed by atoms with van der Waals surface area (Å²) in [6.45, 7) is 4.50. The molecule has 2 aromatic heterocycles. The molecule has 4 aromatic rings. The Morgan fingerprint density at radius 2 is 1.86 bits per heavy atom. The Hall–Kier alpha value is -3.26. The summed E-state index contributed by atoms with van der Waals surface area (Å²) in [4.78, 5) is 23.2. The van der Waals surface area contributed by atoms with Crippen LogP contribution in [-0.4, -0.2) is 34.6 Å². The van der Waals surface area contributed by atoms with Crippen molar-refractivity contribution in [1.29, 1.82) is 0 Å². The molecule has 0 fully saturated rings. The number of carbonyl (C=O) groups is 1. The van der Waals surface area contributed by atoms with Gasteiger partial charge in [0.25, 0.3) is 0 Å². The lowest BCUT2D eigenvalue weighted by Crippen LogP contribution is -2.34. The zero-order valence-corrected chi connectivity index (χ0v) is 17.3. The van der Waals surface area contributed by atoms with Crippen LogP contribution in [0.2, 0.25) is 0 Å². The van der Waals surface area contributed by atoms with Crippen molar-refractivity contribution < 1.29 is 9.32 Å². The van der Waals surface area contributed by atoms with E-state index in [0.717, 1.165) is 26.5 Å². The second kappa shape index (κ2) is 8.00. The first kappa shape index (κ1) is 19.1. The number of likely N-dealkylation sites (N-methyl/N-ethyl adjacent to an activating group) is 1. The Bertz CT molecular complexity index is 1110. The second-order valence-electron chi connectivity index (χ2n) is 6.88. The fraction of sp³-hybridized carbons (Fsp3) is 0.238. The molecule has 1 amide bonds. The van der Waals surface area contributed by atoms with Crippen LogP contribution >= 0.6 is 11.3 Å². The van der Waals surface area contributed by atoms with Crippen molar-refractivity contribution in [2.24, 2.45) is 0 Å². The van der Waals surface area contributed by atoms with E-state index in [9.17, 15) is 4.79 Å². The predicted octanol–water partition coefficient (Wildman–Crippen LogP) is 3.72. The number of aryl methyl sites for hydroxylation is 2. The number of aromatic nitrogens is 3. The van der Waals surface area contributed by atoms with Gasteiger partial charge >= 0.3 is 0 Å². The standard InChI is InChI=1S/C21H21N5O2S/c1-13-9-10-14(2)19-18(13)24-21(29-19)26(3)12-16(27)22-11-17-23-20(25-28-17)15-7-5-4-6-8-15/h4-10H,11-12H2,1-3H3,(H,22,27). The topological polar surface area (TPSA) is 84.2 Å². The minimum atomic E-state index is -0.139. The minimum Gasteiger partial charge on any atom is -0.345 e. The molecule has 0 unspecified atom stereocenters. The van der Waals surface area contributed by atoms with Crippen LogP contribution in [0.5, 0.6) is 0 Å². The summed E-state index contributed by atoms with van der Waals surface area (Å²) in [6, 6.07) is 13.7. The normalized spacial score (nSPS) is 11.0. The van der Waals surface area contributed by atoms with Gasteiger partial charge in [-0.1, -0.05) is 59.0 Å². The lowest BCUT2D eigenvalue weighted by atomic mass is 10.1. The molecule has 8 heteroatoms. The number of carbonyl (C=O) groups excluding carboxylic acids is 1. The van der Waals surface area contributed by atoms with E-state index in [-0.39, 0.29) is 19.0 Å². The van der Waals surface area contributed by atoms with Crippen molar-refractivity contribution in [2.45, 2.75) is 20.4 Å². The summed E-state index contributed by atoms with van der Waals surface area (Å²) in [5.74, 6) is 0.734. The Kier molecular flexibility index (Phi) is 5.26. The summed E-state index contributed by atoms with van der Waals surface area (Å²) in [6.07, 6.45) is 0. The van der Waals surface area contributed by atoms with Gasteiger partial charge in [-0.3, -0.25) is 4.79 Å². The molecule has 0 aliphatic carbocycles. The Balaban J connectivity index is 1.37. The van der Waals surface area contributed by atoms with E-state index in [4.69, 9.17) is 9.51 Å². The monoisotopic (exact) mass is 407 g/mol. The average molecular weight is 407 g/mol. The van der Waals surface area contributed by atoms with E-state index in [1.807, 2.05) is 49.2 Å². The molecule has 1 N–H and O–H groups in total. The van der Waals surface area contributed by atoms with Crippen molar-refractivity contribution in [1.82, 2.24) is 20.4 Å². The number of thiazole rings is 1. The first-order chi connectivity index (χ1) is 14.0. The maximum Gasteiger partial charge on any atom is 0.246 e. The van der Waals surface area contributed by atoms with E-state index in [1.54, 1.807) is 11.3 Å². The highest BCUT2D eigenvalue weighted by atomic mass is 32.1. The molecule has 0 bridgehead atoms. The molecular formula is C21H21N5O2S. The van der Waals surface area contributed by atoms with E-state index >= 15 is 0 Å². The quantitative estimate of drug-likeness (QED) is 0.524. The lowest BCUT2D eigenvalue weighted by Gasteiger charge is -2.14. The summed E-state index contributed by atoms with van der Waals surface area (Å²) in [5.41, 5.74) is 4.20. The number of nitrogens with one attached hydrogen (secondary N) is 1. The van der Waals surface area contributed by atoms with Crippen molar-refractivity contribution in [3.63, 3.8) is 0 Å². The van der Waals surface area contributed by atoms with Crippen molar-refractivity contribution in [3.8, 4) is 11.4 Å². The minimum absolute atomic E-state index is 0.139. The van der Waals surface area contributed by atoms with Crippen LogP contribution in [0, 0.1) is 13.8 Å². The third-order valence-electron chi connectivity index (χ3n) is 4.58. The highest BCUT2D eigenvalue weighted by Gasteiger charge is 2.15. The molecule has 0 saturated heterocycles. The van der Waals surface area contributed by atoms with E-state index < -0.39 is 0 Å². The average Bonchev–Trinajstić information content (AvgIpc) is 3.38. The molecule has 148 valence electrons. The fourth-order valence-corrected chi connectivity index (χ4v) is 4.03. The number of nitrogens with zero attached hydrogens (tertiary/aromatic N) is 4. The van der Waals surface area contributed by atoms with E-state index in [0.29, 0.717) is 11.7 Å².